The van der Waals surface area contributed by atoms with E-state index in [1.807, 2.05) is 31.0 Å². The molecular weight excluding hydrogens is 228 g/mol. The Labute approximate surface area is 108 Å². The van der Waals surface area contributed by atoms with Crippen LogP contribution >= 0.6 is 0 Å². The van der Waals surface area contributed by atoms with Gasteiger partial charge in [0.2, 0.25) is 0 Å². The number of nitriles is 1. The largest absolute Gasteiger partial charge is 0.465 e. The molecular formula is C14H18N2O2. The van der Waals surface area contributed by atoms with E-state index in [9.17, 15) is 4.79 Å². The molecule has 0 spiro atoms. The molecule has 1 atom stereocenters. The predicted octanol–water partition coefficient (Wildman–Crippen LogP) is 1.94. The van der Waals surface area contributed by atoms with Gasteiger partial charge in [-0.1, -0.05) is 12.1 Å². The van der Waals surface area contributed by atoms with Crippen molar-refractivity contribution in [3.05, 3.63) is 35.4 Å². The van der Waals surface area contributed by atoms with Crippen molar-refractivity contribution in [1.29, 1.82) is 5.26 Å². The number of esters is 1. The topological polar surface area (TPSA) is 53.3 Å². The second-order valence-electron chi connectivity index (χ2n) is 4.15. The van der Waals surface area contributed by atoms with Crippen LogP contribution in [0.5, 0.6) is 0 Å². The molecule has 0 amide bonds. The van der Waals surface area contributed by atoms with Crippen molar-refractivity contribution in [2.75, 3.05) is 13.7 Å². The second kappa shape index (κ2) is 6.77. The molecule has 0 fully saturated rings. The van der Waals surface area contributed by atoms with E-state index in [4.69, 9.17) is 10.00 Å². The summed E-state index contributed by atoms with van der Waals surface area (Å²) in [5.41, 5.74) is 1.70. The Morgan fingerprint density at radius 2 is 2.06 bits per heavy atom. The maximum atomic E-state index is 11.6. The Balaban J connectivity index is 2.60. The zero-order valence-corrected chi connectivity index (χ0v) is 11.0. The molecule has 4 heteroatoms. The van der Waals surface area contributed by atoms with Crippen molar-refractivity contribution in [2.45, 2.75) is 26.4 Å². The van der Waals surface area contributed by atoms with Crippen LogP contribution in [0.4, 0.5) is 0 Å². The van der Waals surface area contributed by atoms with E-state index in [0.717, 1.165) is 5.56 Å². The van der Waals surface area contributed by atoms with Crippen LogP contribution in [0.15, 0.2) is 24.3 Å². The van der Waals surface area contributed by atoms with Gasteiger partial charge in [-0.2, -0.15) is 5.26 Å². The van der Waals surface area contributed by atoms with Gasteiger partial charge in [0.1, 0.15) is 6.04 Å². The van der Waals surface area contributed by atoms with Crippen LogP contribution < -0.4 is 0 Å². The molecule has 18 heavy (non-hydrogen) atoms. The number of benzene rings is 1. The number of nitrogens with zero attached hydrogens (tertiary/aromatic N) is 2. The summed E-state index contributed by atoms with van der Waals surface area (Å²) in [6, 6.07) is 9.14. The average molecular weight is 246 g/mol. The first-order valence-electron chi connectivity index (χ1n) is 5.94. The molecule has 0 aliphatic rings. The lowest BCUT2D eigenvalue weighted by Gasteiger charge is -2.22. The maximum absolute atomic E-state index is 11.6. The Kier molecular flexibility index (Phi) is 5.34. The minimum Gasteiger partial charge on any atom is -0.465 e. The van der Waals surface area contributed by atoms with Gasteiger partial charge in [0.25, 0.3) is 0 Å². The van der Waals surface area contributed by atoms with Gasteiger partial charge in [-0.05, 0) is 38.6 Å². The van der Waals surface area contributed by atoms with Crippen LogP contribution in [0.25, 0.3) is 0 Å². The van der Waals surface area contributed by atoms with E-state index < -0.39 is 0 Å². The number of rotatable bonds is 5. The second-order valence-corrected chi connectivity index (χ2v) is 4.15. The van der Waals surface area contributed by atoms with E-state index >= 15 is 0 Å². The van der Waals surface area contributed by atoms with Gasteiger partial charge in [-0.3, -0.25) is 9.69 Å². The zero-order chi connectivity index (χ0) is 13.5. The fraction of sp³-hybridized carbons (Fsp3) is 0.429. The monoisotopic (exact) mass is 246 g/mol. The summed E-state index contributed by atoms with van der Waals surface area (Å²) in [6.07, 6.45) is 0. The molecule has 1 rings (SSSR count). The number of hydrogen-bond acceptors (Lipinski definition) is 4. The van der Waals surface area contributed by atoms with Gasteiger partial charge in [0, 0.05) is 6.54 Å². The Morgan fingerprint density at radius 1 is 1.44 bits per heavy atom. The van der Waals surface area contributed by atoms with Crippen LogP contribution in [0.3, 0.4) is 0 Å². The molecule has 0 aliphatic heterocycles. The van der Waals surface area contributed by atoms with Crippen molar-refractivity contribution in [3.63, 3.8) is 0 Å². The summed E-state index contributed by atoms with van der Waals surface area (Å²) in [5, 5.41) is 8.71. The van der Waals surface area contributed by atoms with Crippen LogP contribution in [0, 0.1) is 11.3 Å². The van der Waals surface area contributed by atoms with Crippen molar-refractivity contribution in [3.8, 4) is 6.07 Å². The van der Waals surface area contributed by atoms with Crippen molar-refractivity contribution >= 4 is 5.97 Å². The minimum absolute atomic E-state index is 0.214. The fourth-order valence-electron chi connectivity index (χ4n) is 1.55. The summed E-state index contributed by atoms with van der Waals surface area (Å²) < 4.78 is 4.98. The molecule has 0 radical (unpaired) electrons. The van der Waals surface area contributed by atoms with Crippen LogP contribution in [-0.4, -0.2) is 30.6 Å². The van der Waals surface area contributed by atoms with E-state index in [1.54, 1.807) is 19.1 Å². The molecule has 0 bridgehead atoms. The fourth-order valence-corrected chi connectivity index (χ4v) is 1.55. The number of carbonyl (C=O) groups excluding carboxylic acids is 1. The normalized spacial score (nSPS) is 11.9. The highest BCUT2D eigenvalue weighted by Gasteiger charge is 2.18. The van der Waals surface area contributed by atoms with E-state index in [0.29, 0.717) is 18.7 Å². The highest BCUT2D eigenvalue weighted by atomic mass is 16.5. The highest BCUT2D eigenvalue weighted by molar-refractivity contribution is 5.75. The van der Waals surface area contributed by atoms with Crippen LogP contribution in [-0.2, 0) is 16.1 Å². The molecule has 1 aromatic carbocycles. The molecule has 0 saturated heterocycles. The lowest BCUT2D eigenvalue weighted by molar-refractivity contribution is -0.148. The molecule has 1 unspecified atom stereocenters. The first-order chi connectivity index (χ1) is 8.58. The van der Waals surface area contributed by atoms with Crippen LogP contribution in [0.1, 0.15) is 25.0 Å². The molecule has 96 valence electrons. The van der Waals surface area contributed by atoms with Gasteiger partial charge in [0.05, 0.1) is 18.2 Å². The number of carbonyl (C=O) groups is 1. The number of likely N-dealkylation sites (N-methyl/N-ethyl adjacent to an activating group) is 1. The van der Waals surface area contributed by atoms with Gasteiger partial charge in [-0.15, -0.1) is 0 Å². The Hall–Kier alpha value is -1.86. The summed E-state index contributed by atoms with van der Waals surface area (Å²) in [5.74, 6) is -0.214. The maximum Gasteiger partial charge on any atom is 0.323 e. The first kappa shape index (κ1) is 14.2. The molecule has 0 aliphatic carbocycles. The smallest absolute Gasteiger partial charge is 0.323 e. The van der Waals surface area contributed by atoms with Gasteiger partial charge < -0.3 is 4.74 Å². The van der Waals surface area contributed by atoms with E-state index in [-0.39, 0.29) is 12.0 Å². The van der Waals surface area contributed by atoms with Crippen molar-refractivity contribution in [1.82, 2.24) is 4.90 Å². The third-order valence-corrected chi connectivity index (χ3v) is 2.80. The lowest BCUT2D eigenvalue weighted by Crippen LogP contribution is -2.36. The van der Waals surface area contributed by atoms with Crippen molar-refractivity contribution < 1.29 is 9.53 Å². The molecule has 0 saturated carbocycles. The summed E-state index contributed by atoms with van der Waals surface area (Å²) in [6.45, 7) is 4.66. The quantitative estimate of drug-likeness (QED) is 0.745. The SMILES string of the molecule is CCOC(=O)C(C)N(C)Cc1ccc(C#N)cc1. The Bertz CT molecular complexity index is 434. The highest BCUT2D eigenvalue weighted by Crippen LogP contribution is 2.09. The Morgan fingerprint density at radius 3 is 2.56 bits per heavy atom. The molecule has 0 aromatic heterocycles. The molecule has 4 nitrogen and oxygen atoms in total. The lowest BCUT2D eigenvalue weighted by atomic mass is 10.1. The molecule has 0 N–H and O–H groups in total. The minimum atomic E-state index is -0.277. The summed E-state index contributed by atoms with van der Waals surface area (Å²) in [4.78, 5) is 13.5. The average Bonchev–Trinajstić information content (AvgIpc) is 2.39. The zero-order valence-electron chi connectivity index (χ0n) is 11.0. The van der Waals surface area contributed by atoms with Crippen LogP contribution in [0.2, 0.25) is 0 Å². The standard InChI is InChI=1S/C14H18N2O2/c1-4-18-14(17)11(2)16(3)10-13-7-5-12(9-15)6-8-13/h5-8,11H,4,10H2,1-3H3. The predicted molar refractivity (Wildman–Crippen MR) is 68.7 cm³/mol. The summed E-state index contributed by atoms with van der Waals surface area (Å²) >= 11 is 0. The third-order valence-electron chi connectivity index (χ3n) is 2.80. The van der Waals surface area contributed by atoms with Gasteiger partial charge in [0.15, 0.2) is 0 Å². The first-order valence-corrected chi connectivity index (χ1v) is 5.94. The van der Waals surface area contributed by atoms with E-state index in [1.165, 1.54) is 0 Å². The number of hydrogen-bond donors (Lipinski definition) is 0. The third kappa shape index (κ3) is 3.86. The van der Waals surface area contributed by atoms with Gasteiger partial charge >= 0.3 is 5.97 Å². The van der Waals surface area contributed by atoms with E-state index in [2.05, 4.69) is 6.07 Å². The van der Waals surface area contributed by atoms with Gasteiger partial charge in [-0.25, -0.2) is 0 Å². The summed E-state index contributed by atoms with van der Waals surface area (Å²) in [7, 11) is 1.87. The van der Waals surface area contributed by atoms with Crippen molar-refractivity contribution in [2.24, 2.45) is 0 Å². The molecule has 0 heterocycles. The molecule has 1 aromatic rings. The number of ether oxygens (including phenoxy) is 1.